The molecule has 0 amide bonds. The van der Waals surface area contributed by atoms with Crippen molar-refractivity contribution in [3.05, 3.63) is 41.0 Å². The van der Waals surface area contributed by atoms with E-state index in [0.717, 1.165) is 24.3 Å². The number of fused-ring (bicyclic) bond motifs is 1. The smallest absolute Gasteiger partial charge is 0.334 e. The zero-order chi connectivity index (χ0) is 21.3. The van der Waals surface area contributed by atoms with Crippen LogP contribution in [0.1, 0.15) is 76.2 Å². The second-order valence-electron chi connectivity index (χ2n) is 9.16. The van der Waals surface area contributed by atoms with Gasteiger partial charge in [0.1, 0.15) is 6.10 Å². The van der Waals surface area contributed by atoms with Crippen molar-refractivity contribution in [3.8, 4) is 5.75 Å². The van der Waals surface area contributed by atoms with Crippen molar-refractivity contribution in [2.24, 2.45) is 17.8 Å². The average molecular weight is 419 g/mol. The Morgan fingerprint density at radius 1 is 1.07 bits per heavy atom. The van der Waals surface area contributed by atoms with Gasteiger partial charge in [0.2, 0.25) is 5.82 Å². The normalized spacial score (nSPS) is 30.7. The number of methoxy groups -OCH3 is 1. The van der Waals surface area contributed by atoms with E-state index in [1.54, 1.807) is 6.07 Å². The van der Waals surface area contributed by atoms with E-state index in [4.69, 9.17) is 9.47 Å². The molecule has 0 bridgehead atoms. The topological polar surface area (TPSA) is 35.5 Å². The van der Waals surface area contributed by atoms with Crippen LogP contribution in [0.25, 0.3) is 0 Å². The molecule has 30 heavy (non-hydrogen) atoms. The van der Waals surface area contributed by atoms with E-state index in [1.807, 2.05) is 0 Å². The molecule has 4 rings (SSSR count). The lowest BCUT2D eigenvalue weighted by atomic mass is 9.82. The third-order valence-corrected chi connectivity index (χ3v) is 7.56. The summed E-state index contributed by atoms with van der Waals surface area (Å²) in [4.78, 5) is 12.8. The summed E-state index contributed by atoms with van der Waals surface area (Å²) < 4.78 is 39.2. The summed E-state index contributed by atoms with van der Waals surface area (Å²) in [5.74, 6) is -0.279. The predicted octanol–water partition coefficient (Wildman–Crippen LogP) is 6.32. The molecule has 1 aromatic carbocycles. The van der Waals surface area contributed by atoms with E-state index in [0.29, 0.717) is 43.1 Å². The summed E-state index contributed by atoms with van der Waals surface area (Å²) in [6, 6.07) is 3.10. The van der Waals surface area contributed by atoms with E-state index in [1.165, 1.54) is 32.4 Å². The Morgan fingerprint density at radius 3 is 2.53 bits per heavy atom. The molecule has 0 radical (unpaired) electrons. The van der Waals surface area contributed by atoms with Gasteiger partial charge in [0.05, 0.1) is 7.11 Å². The first kappa shape index (κ1) is 21.3. The van der Waals surface area contributed by atoms with Crippen molar-refractivity contribution in [1.82, 2.24) is 0 Å². The minimum absolute atomic E-state index is 0.0555. The lowest BCUT2D eigenvalue weighted by molar-refractivity contribution is -0.146. The van der Waals surface area contributed by atoms with Gasteiger partial charge in [-0.15, -0.1) is 0 Å². The number of carbonyl (C=O) groups is 1. The van der Waals surface area contributed by atoms with Crippen LogP contribution in [0.2, 0.25) is 0 Å². The molecule has 5 heteroatoms. The number of hydrogen-bond donors (Lipinski definition) is 0. The molecule has 3 aliphatic rings. The molecule has 2 fully saturated rings. The highest BCUT2D eigenvalue weighted by Gasteiger charge is 2.43. The van der Waals surface area contributed by atoms with Crippen molar-refractivity contribution >= 4 is 5.97 Å². The van der Waals surface area contributed by atoms with E-state index in [2.05, 4.69) is 13.0 Å². The number of hydrogen-bond acceptors (Lipinski definition) is 3. The maximum atomic E-state index is 14.4. The van der Waals surface area contributed by atoms with Gasteiger partial charge in [0.15, 0.2) is 11.6 Å². The Labute approximate surface area is 177 Å². The van der Waals surface area contributed by atoms with Crippen molar-refractivity contribution < 1.29 is 23.0 Å². The van der Waals surface area contributed by atoms with Gasteiger partial charge >= 0.3 is 5.97 Å². The zero-order valence-corrected chi connectivity index (χ0v) is 18.0. The fourth-order valence-corrected chi connectivity index (χ4v) is 6.00. The van der Waals surface area contributed by atoms with Crippen molar-refractivity contribution in [2.45, 2.75) is 76.7 Å². The van der Waals surface area contributed by atoms with Gasteiger partial charge in [-0.1, -0.05) is 31.9 Å². The quantitative estimate of drug-likeness (QED) is 0.508. The number of carbonyl (C=O) groups excluding carboxylic acids is 1. The minimum Gasteiger partial charge on any atom is -0.494 e. The van der Waals surface area contributed by atoms with Crippen LogP contribution in [0.15, 0.2) is 23.8 Å². The van der Waals surface area contributed by atoms with Crippen LogP contribution in [-0.4, -0.2) is 19.2 Å². The summed E-state index contributed by atoms with van der Waals surface area (Å²) in [7, 11) is 1.33. The molecular weight excluding hydrogens is 386 g/mol. The monoisotopic (exact) mass is 418 g/mol. The van der Waals surface area contributed by atoms with Crippen LogP contribution < -0.4 is 4.74 Å². The number of allylic oxidation sites excluding steroid dienone is 1. The van der Waals surface area contributed by atoms with Gasteiger partial charge in [-0.25, -0.2) is 9.18 Å². The Bertz CT molecular complexity index is 811. The highest BCUT2D eigenvalue weighted by Crippen LogP contribution is 2.49. The highest BCUT2D eigenvalue weighted by atomic mass is 19.2. The molecular formula is C25H32F2O3. The Hall–Kier alpha value is -1.91. The molecule has 164 valence electrons. The van der Waals surface area contributed by atoms with E-state index < -0.39 is 11.6 Å². The molecule has 1 aromatic rings. The van der Waals surface area contributed by atoms with Crippen LogP contribution in [0.5, 0.6) is 5.75 Å². The largest absolute Gasteiger partial charge is 0.494 e. The van der Waals surface area contributed by atoms with Crippen molar-refractivity contribution in [3.63, 3.8) is 0 Å². The van der Waals surface area contributed by atoms with Crippen LogP contribution >= 0.6 is 0 Å². The lowest BCUT2D eigenvalue weighted by Crippen LogP contribution is -2.26. The first-order valence-electron chi connectivity index (χ1n) is 11.5. The summed E-state index contributed by atoms with van der Waals surface area (Å²) in [6.07, 6.45) is 10.5. The summed E-state index contributed by atoms with van der Waals surface area (Å²) in [6.45, 7) is 2.23. The number of ether oxygens (including phenoxy) is 2. The fraction of sp³-hybridized carbons (Fsp3) is 0.640. The molecule has 3 atom stereocenters. The average Bonchev–Trinajstić information content (AvgIpc) is 3.34. The van der Waals surface area contributed by atoms with E-state index in [9.17, 15) is 13.6 Å². The zero-order valence-electron chi connectivity index (χ0n) is 18.0. The molecule has 3 unspecified atom stereocenters. The summed E-state index contributed by atoms with van der Waals surface area (Å²) >= 11 is 0. The van der Waals surface area contributed by atoms with Crippen LogP contribution in [-0.2, 0) is 9.53 Å². The Kier molecular flexibility index (Phi) is 6.45. The van der Waals surface area contributed by atoms with Gasteiger partial charge in [-0.2, -0.15) is 4.39 Å². The second-order valence-corrected chi connectivity index (χ2v) is 9.16. The molecule has 0 N–H and O–H groups in total. The Morgan fingerprint density at radius 2 is 1.83 bits per heavy atom. The number of rotatable bonds is 6. The van der Waals surface area contributed by atoms with Crippen molar-refractivity contribution in [2.75, 3.05) is 7.11 Å². The first-order chi connectivity index (χ1) is 14.5. The third-order valence-electron chi connectivity index (χ3n) is 7.56. The van der Waals surface area contributed by atoms with E-state index in [-0.39, 0.29) is 23.7 Å². The fourth-order valence-electron chi connectivity index (χ4n) is 6.00. The second kappa shape index (κ2) is 9.07. The van der Waals surface area contributed by atoms with Gasteiger partial charge in [-0.3, -0.25) is 0 Å². The summed E-state index contributed by atoms with van der Waals surface area (Å²) in [5, 5.41) is 0. The standard InChI is InChI=1S/C25H32F2O3/c1-3-4-15-7-10-20-18(15)11-12-21(20)25(28)30-17-8-5-16(6-9-17)19-13-14-22(29-2)24(27)23(19)26/h12-18,20H,3-11H2,1-2H3. The molecule has 0 saturated heterocycles. The van der Waals surface area contributed by atoms with Gasteiger partial charge in [-0.05, 0) is 80.2 Å². The number of halogens is 2. The minimum atomic E-state index is -0.927. The molecule has 0 heterocycles. The molecule has 3 aliphatic carbocycles. The van der Waals surface area contributed by atoms with Crippen LogP contribution in [0.4, 0.5) is 8.78 Å². The Balaban J connectivity index is 1.31. The lowest BCUT2D eigenvalue weighted by Gasteiger charge is -2.29. The maximum absolute atomic E-state index is 14.4. The molecule has 2 saturated carbocycles. The van der Waals surface area contributed by atoms with Crippen molar-refractivity contribution in [1.29, 1.82) is 0 Å². The maximum Gasteiger partial charge on any atom is 0.334 e. The van der Waals surface area contributed by atoms with Crippen LogP contribution in [0.3, 0.4) is 0 Å². The van der Waals surface area contributed by atoms with Gasteiger partial charge in [0, 0.05) is 5.57 Å². The first-order valence-corrected chi connectivity index (χ1v) is 11.5. The third kappa shape index (κ3) is 4.00. The summed E-state index contributed by atoms with van der Waals surface area (Å²) in [5.41, 5.74) is 1.29. The molecule has 0 aliphatic heterocycles. The SMILES string of the molecule is CCCC1CCC2C(C(=O)OC3CCC(c4ccc(OC)c(F)c4F)CC3)=CCC12. The highest BCUT2D eigenvalue weighted by molar-refractivity contribution is 5.90. The number of esters is 1. The molecule has 3 nitrogen and oxygen atoms in total. The molecule has 0 aromatic heterocycles. The van der Waals surface area contributed by atoms with Gasteiger partial charge < -0.3 is 9.47 Å². The van der Waals surface area contributed by atoms with Crippen LogP contribution in [0, 0.1) is 29.4 Å². The predicted molar refractivity (Wildman–Crippen MR) is 111 cm³/mol. The van der Waals surface area contributed by atoms with Gasteiger partial charge in [0.25, 0.3) is 0 Å². The van der Waals surface area contributed by atoms with E-state index >= 15 is 0 Å². The molecule has 0 spiro atoms. The number of benzene rings is 1.